The van der Waals surface area contributed by atoms with Crippen LogP contribution >= 0.6 is 0 Å². The Morgan fingerprint density at radius 2 is 2.27 bits per heavy atom. The summed E-state index contributed by atoms with van der Waals surface area (Å²) in [7, 11) is 0. The molecule has 2 rings (SSSR count). The Bertz CT molecular complexity index is 525. The number of guanidine groups is 1. The highest BCUT2D eigenvalue weighted by molar-refractivity contribution is 5.78. The molecule has 22 heavy (non-hydrogen) atoms. The minimum Gasteiger partial charge on any atom is -0.472 e. The SMILES string of the molecule is CC1CN(C(N)=NCc2cccc(OC(C)(C)C)n2)CCO1. The van der Waals surface area contributed by atoms with Crippen LogP contribution in [0, 0.1) is 0 Å². The minimum atomic E-state index is -0.266. The molecule has 1 atom stereocenters. The maximum Gasteiger partial charge on any atom is 0.214 e. The van der Waals surface area contributed by atoms with Crippen molar-refractivity contribution < 1.29 is 9.47 Å². The largest absolute Gasteiger partial charge is 0.472 e. The summed E-state index contributed by atoms with van der Waals surface area (Å²) in [5.74, 6) is 1.15. The van der Waals surface area contributed by atoms with Gasteiger partial charge in [-0.25, -0.2) is 9.98 Å². The molecular weight excluding hydrogens is 280 g/mol. The third-order valence-electron chi connectivity index (χ3n) is 3.16. The molecule has 1 unspecified atom stereocenters. The molecule has 6 heteroatoms. The Morgan fingerprint density at radius 1 is 1.50 bits per heavy atom. The standard InChI is InChI=1S/C16H26N4O2/c1-12-11-20(8-9-21-12)15(17)18-10-13-6-5-7-14(19-13)22-16(2,3)4/h5-7,12H,8-11H2,1-4H3,(H2,17,18). The summed E-state index contributed by atoms with van der Waals surface area (Å²) in [5, 5.41) is 0. The Balaban J connectivity index is 1.98. The molecule has 1 aromatic heterocycles. The summed E-state index contributed by atoms with van der Waals surface area (Å²) in [4.78, 5) is 10.9. The van der Waals surface area contributed by atoms with Crippen LogP contribution in [0.4, 0.5) is 0 Å². The van der Waals surface area contributed by atoms with Gasteiger partial charge < -0.3 is 20.1 Å². The van der Waals surface area contributed by atoms with Gasteiger partial charge in [0.1, 0.15) is 5.60 Å². The Morgan fingerprint density at radius 3 is 2.95 bits per heavy atom. The normalized spacial score (nSPS) is 20.1. The fraction of sp³-hybridized carbons (Fsp3) is 0.625. The molecule has 1 aliphatic rings. The number of nitrogens with two attached hydrogens (primary N) is 1. The summed E-state index contributed by atoms with van der Waals surface area (Å²) < 4.78 is 11.3. The van der Waals surface area contributed by atoms with Crippen molar-refractivity contribution in [2.24, 2.45) is 10.7 Å². The predicted octanol–water partition coefficient (Wildman–Crippen LogP) is 1.79. The monoisotopic (exact) mass is 306 g/mol. The highest BCUT2D eigenvalue weighted by Gasteiger charge is 2.18. The van der Waals surface area contributed by atoms with Crippen LogP contribution in [0.1, 0.15) is 33.4 Å². The van der Waals surface area contributed by atoms with E-state index in [0.29, 0.717) is 25.0 Å². The first-order valence-corrected chi connectivity index (χ1v) is 7.65. The summed E-state index contributed by atoms with van der Waals surface area (Å²) in [6.07, 6.45) is 0.184. The van der Waals surface area contributed by atoms with Crippen LogP contribution in [0.3, 0.4) is 0 Å². The van der Waals surface area contributed by atoms with Crippen molar-refractivity contribution >= 4 is 5.96 Å². The lowest BCUT2D eigenvalue weighted by molar-refractivity contribution is 0.00528. The second-order valence-corrected chi connectivity index (χ2v) is 6.48. The number of aliphatic imine (C=N–C) groups is 1. The van der Waals surface area contributed by atoms with Gasteiger partial charge in [0.15, 0.2) is 5.96 Å². The third-order valence-corrected chi connectivity index (χ3v) is 3.16. The third kappa shape index (κ3) is 5.18. The van der Waals surface area contributed by atoms with E-state index < -0.39 is 0 Å². The number of morpholine rings is 1. The molecule has 0 spiro atoms. The number of aromatic nitrogens is 1. The lowest BCUT2D eigenvalue weighted by Gasteiger charge is -2.31. The molecule has 2 N–H and O–H groups in total. The van der Waals surface area contributed by atoms with Crippen LogP contribution in [0.15, 0.2) is 23.2 Å². The van der Waals surface area contributed by atoms with E-state index in [1.54, 1.807) is 0 Å². The molecule has 0 radical (unpaired) electrons. The fourth-order valence-corrected chi connectivity index (χ4v) is 2.20. The number of ether oxygens (including phenoxy) is 2. The van der Waals surface area contributed by atoms with Gasteiger partial charge in [0.25, 0.3) is 0 Å². The van der Waals surface area contributed by atoms with Crippen molar-refractivity contribution in [2.45, 2.75) is 45.9 Å². The molecule has 1 aliphatic heterocycles. The predicted molar refractivity (Wildman–Crippen MR) is 86.9 cm³/mol. The molecule has 1 saturated heterocycles. The van der Waals surface area contributed by atoms with Gasteiger partial charge in [-0.3, -0.25) is 0 Å². The van der Waals surface area contributed by atoms with Crippen molar-refractivity contribution in [1.29, 1.82) is 0 Å². The number of nitrogens with zero attached hydrogens (tertiary/aromatic N) is 3. The van der Waals surface area contributed by atoms with Gasteiger partial charge in [-0.2, -0.15) is 0 Å². The quantitative estimate of drug-likeness (QED) is 0.681. The maximum absolute atomic E-state index is 6.06. The van der Waals surface area contributed by atoms with Crippen LogP contribution in [0.5, 0.6) is 5.88 Å². The van der Waals surface area contributed by atoms with Crippen LogP contribution < -0.4 is 10.5 Å². The Labute approximate surface area is 132 Å². The first-order chi connectivity index (χ1) is 10.3. The number of pyridine rings is 1. The zero-order valence-corrected chi connectivity index (χ0v) is 13.9. The van der Waals surface area contributed by atoms with E-state index in [4.69, 9.17) is 15.2 Å². The van der Waals surface area contributed by atoms with Gasteiger partial charge in [-0.05, 0) is 33.8 Å². The van der Waals surface area contributed by atoms with Crippen molar-refractivity contribution in [1.82, 2.24) is 9.88 Å². The summed E-state index contributed by atoms with van der Waals surface area (Å²) in [6.45, 7) is 10.7. The Hall–Kier alpha value is -1.82. The average molecular weight is 306 g/mol. The van der Waals surface area contributed by atoms with Gasteiger partial charge in [0.05, 0.1) is 24.9 Å². The smallest absolute Gasteiger partial charge is 0.214 e. The van der Waals surface area contributed by atoms with Crippen molar-refractivity contribution in [3.8, 4) is 5.88 Å². The molecule has 122 valence electrons. The molecule has 0 saturated carbocycles. The number of hydrogen-bond donors (Lipinski definition) is 1. The second-order valence-electron chi connectivity index (χ2n) is 6.48. The van der Waals surface area contributed by atoms with E-state index in [-0.39, 0.29) is 11.7 Å². The van der Waals surface area contributed by atoms with Crippen molar-refractivity contribution in [3.05, 3.63) is 23.9 Å². The summed E-state index contributed by atoms with van der Waals surface area (Å²) in [5.41, 5.74) is 6.63. The van der Waals surface area contributed by atoms with Crippen LogP contribution in [-0.2, 0) is 11.3 Å². The van der Waals surface area contributed by atoms with Crippen LogP contribution in [0.25, 0.3) is 0 Å². The highest BCUT2D eigenvalue weighted by atomic mass is 16.5. The molecule has 6 nitrogen and oxygen atoms in total. The minimum absolute atomic E-state index is 0.184. The van der Waals surface area contributed by atoms with Gasteiger partial charge in [0, 0.05) is 19.2 Å². The van der Waals surface area contributed by atoms with E-state index >= 15 is 0 Å². The molecule has 1 fully saturated rings. The molecule has 0 aromatic carbocycles. The summed E-state index contributed by atoms with van der Waals surface area (Å²) in [6, 6.07) is 5.70. The van der Waals surface area contributed by atoms with Gasteiger partial charge in [-0.1, -0.05) is 6.07 Å². The van der Waals surface area contributed by atoms with Gasteiger partial charge in [-0.15, -0.1) is 0 Å². The van der Waals surface area contributed by atoms with Gasteiger partial charge >= 0.3 is 0 Å². The molecule has 0 aliphatic carbocycles. The van der Waals surface area contributed by atoms with Gasteiger partial charge in [0.2, 0.25) is 5.88 Å². The molecule has 0 amide bonds. The zero-order chi connectivity index (χ0) is 16.2. The highest BCUT2D eigenvalue weighted by Crippen LogP contribution is 2.16. The average Bonchev–Trinajstić information content (AvgIpc) is 2.43. The summed E-state index contributed by atoms with van der Waals surface area (Å²) >= 11 is 0. The van der Waals surface area contributed by atoms with E-state index in [1.165, 1.54) is 0 Å². The van der Waals surface area contributed by atoms with E-state index in [1.807, 2.05) is 50.8 Å². The maximum atomic E-state index is 6.06. The topological polar surface area (TPSA) is 73.0 Å². The lowest BCUT2D eigenvalue weighted by Crippen LogP contribution is -2.47. The van der Waals surface area contributed by atoms with Crippen LogP contribution in [0.2, 0.25) is 0 Å². The molecule has 1 aromatic rings. The molecular formula is C16H26N4O2. The van der Waals surface area contributed by atoms with Crippen molar-refractivity contribution in [3.63, 3.8) is 0 Å². The van der Waals surface area contributed by atoms with E-state index in [0.717, 1.165) is 18.8 Å². The zero-order valence-electron chi connectivity index (χ0n) is 13.9. The second kappa shape index (κ2) is 6.96. The Kier molecular flexibility index (Phi) is 5.24. The lowest BCUT2D eigenvalue weighted by atomic mass is 10.2. The molecule has 2 heterocycles. The fourth-order valence-electron chi connectivity index (χ4n) is 2.20. The van der Waals surface area contributed by atoms with Crippen LogP contribution in [-0.4, -0.2) is 47.2 Å². The number of hydrogen-bond acceptors (Lipinski definition) is 4. The number of rotatable bonds is 3. The molecule has 0 bridgehead atoms. The van der Waals surface area contributed by atoms with E-state index in [9.17, 15) is 0 Å². The van der Waals surface area contributed by atoms with Crippen molar-refractivity contribution in [2.75, 3.05) is 19.7 Å². The van der Waals surface area contributed by atoms with E-state index in [2.05, 4.69) is 9.98 Å². The first-order valence-electron chi connectivity index (χ1n) is 7.65. The first kappa shape index (κ1) is 16.5.